The standard InChI is InChI=1S/C18H12ClN5O2/c19-16-13(12-5-11(12)10-4-2-1-3-9(10)7-20)6-15(23-24-16)14-8-21-18(26)22-17(14)25/h1-4,6,8,11-12H,5H2,(H2,21,22,25,26)/t11-,12+/m1/s1. The zero-order chi connectivity index (χ0) is 18.3. The molecule has 0 amide bonds. The van der Waals surface area contributed by atoms with Gasteiger partial charge in [0.15, 0.2) is 5.15 Å². The summed E-state index contributed by atoms with van der Waals surface area (Å²) in [6.45, 7) is 0. The molecule has 0 spiro atoms. The van der Waals surface area contributed by atoms with Gasteiger partial charge in [-0.2, -0.15) is 5.26 Å². The summed E-state index contributed by atoms with van der Waals surface area (Å²) in [5, 5.41) is 17.5. The highest BCUT2D eigenvalue weighted by Crippen LogP contribution is 2.56. The van der Waals surface area contributed by atoms with Crippen LogP contribution in [0.3, 0.4) is 0 Å². The van der Waals surface area contributed by atoms with Crippen molar-refractivity contribution in [3.63, 3.8) is 0 Å². The third-order valence-electron chi connectivity index (χ3n) is 4.54. The monoisotopic (exact) mass is 365 g/mol. The molecule has 8 heteroatoms. The van der Waals surface area contributed by atoms with Crippen molar-refractivity contribution in [2.24, 2.45) is 0 Å². The van der Waals surface area contributed by atoms with Gasteiger partial charge in [-0.1, -0.05) is 29.8 Å². The second kappa shape index (κ2) is 6.24. The zero-order valence-corrected chi connectivity index (χ0v) is 14.1. The van der Waals surface area contributed by atoms with Crippen molar-refractivity contribution < 1.29 is 0 Å². The lowest BCUT2D eigenvalue weighted by atomic mass is 10.0. The van der Waals surface area contributed by atoms with Gasteiger partial charge in [0.25, 0.3) is 5.56 Å². The molecule has 0 radical (unpaired) electrons. The fourth-order valence-electron chi connectivity index (χ4n) is 3.19. The Morgan fingerprint density at radius 1 is 1.15 bits per heavy atom. The lowest BCUT2D eigenvalue weighted by Gasteiger charge is -2.06. The molecule has 1 aromatic carbocycles. The highest BCUT2D eigenvalue weighted by Gasteiger charge is 2.42. The van der Waals surface area contributed by atoms with Gasteiger partial charge >= 0.3 is 5.69 Å². The van der Waals surface area contributed by atoms with Crippen LogP contribution in [0.25, 0.3) is 11.3 Å². The molecule has 1 aliphatic carbocycles. The van der Waals surface area contributed by atoms with E-state index in [9.17, 15) is 14.9 Å². The van der Waals surface area contributed by atoms with Crippen LogP contribution in [-0.4, -0.2) is 20.2 Å². The van der Waals surface area contributed by atoms with E-state index in [2.05, 4.69) is 26.2 Å². The molecule has 2 N–H and O–H groups in total. The number of rotatable bonds is 3. The number of nitrogens with one attached hydrogen (secondary N) is 2. The molecule has 0 aliphatic heterocycles. The van der Waals surface area contributed by atoms with Crippen LogP contribution in [0.15, 0.2) is 46.1 Å². The Balaban J connectivity index is 1.72. The number of nitriles is 1. The predicted molar refractivity (Wildman–Crippen MR) is 95.0 cm³/mol. The van der Waals surface area contributed by atoms with Crippen LogP contribution in [0.5, 0.6) is 0 Å². The molecule has 3 aromatic rings. The number of hydrogen-bond acceptors (Lipinski definition) is 5. The maximum Gasteiger partial charge on any atom is 0.325 e. The molecule has 2 atom stereocenters. The van der Waals surface area contributed by atoms with Gasteiger partial charge in [-0.05, 0) is 41.5 Å². The Labute approximate surface area is 152 Å². The molecule has 2 heterocycles. The lowest BCUT2D eigenvalue weighted by Crippen LogP contribution is -2.23. The Hall–Kier alpha value is -3.24. The summed E-state index contributed by atoms with van der Waals surface area (Å²) in [7, 11) is 0. The molecule has 7 nitrogen and oxygen atoms in total. The number of halogens is 1. The van der Waals surface area contributed by atoms with Crippen LogP contribution in [-0.2, 0) is 0 Å². The van der Waals surface area contributed by atoms with E-state index in [4.69, 9.17) is 11.6 Å². The first kappa shape index (κ1) is 16.2. The summed E-state index contributed by atoms with van der Waals surface area (Å²) >= 11 is 6.23. The summed E-state index contributed by atoms with van der Waals surface area (Å²) in [4.78, 5) is 27.7. The molecule has 128 valence electrons. The van der Waals surface area contributed by atoms with Crippen LogP contribution in [0, 0.1) is 11.3 Å². The van der Waals surface area contributed by atoms with Gasteiger partial charge in [0.2, 0.25) is 0 Å². The van der Waals surface area contributed by atoms with Gasteiger partial charge in [0.05, 0.1) is 17.2 Å². The van der Waals surface area contributed by atoms with Crippen LogP contribution >= 0.6 is 11.6 Å². The zero-order valence-electron chi connectivity index (χ0n) is 13.4. The van der Waals surface area contributed by atoms with Crippen LogP contribution in [0.1, 0.15) is 34.9 Å². The second-order valence-electron chi connectivity index (χ2n) is 6.11. The number of H-pyrrole nitrogens is 2. The van der Waals surface area contributed by atoms with E-state index in [1.54, 1.807) is 12.1 Å². The fourth-order valence-corrected chi connectivity index (χ4v) is 3.42. The molecular weight excluding hydrogens is 354 g/mol. The molecule has 4 rings (SSSR count). The first-order valence-corrected chi connectivity index (χ1v) is 8.31. The van der Waals surface area contributed by atoms with Crippen LogP contribution < -0.4 is 11.2 Å². The van der Waals surface area contributed by atoms with E-state index >= 15 is 0 Å². The van der Waals surface area contributed by atoms with Crippen molar-refractivity contribution >= 4 is 11.6 Å². The number of benzene rings is 1. The molecule has 1 fully saturated rings. The minimum atomic E-state index is -0.587. The topological polar surface area (TPSA) is 115 Å². The molecule has 1 aliphatic rings. The van der Waals surface area contributed by atoms with Crippen molar-refractivity contribution in [3.8, 4) is 17.3 Å². The number of aromatic amines is 2. The van der Waals surface area contributed by atoms with E-state index in [0.717, 1.165) is 17.5 Å². The van der Waals surface area contributed by atoms with Gasteiger partial charge in [0, 0.05) is 6.20 Å². The molecule has 0 unspecified atom stereocenters. The van der Waals surface area contributed by atoms with E-state index < -0.39 is 11.2 Å². The Morgan fingerprint density at radius 2 is 1.92 bits per heavy atom. The van der Waals surface area contributed by atoms with E-state index in [1.165, 1.54) is 6.20 Å². The van der Waals surface area contributed by atoms with Gasteiger partial charge < -0.3 is 4.98 Å². The summed E-state index contributed by atoms with van der Waals surface area (Å²) < 4.78 is 0. The van der Waals surface area contributed by atoms with Crippen molar-refractivity contribution in [1.29, 1.82) is 5.26 Å². The smallest absolute Gasteiger partial charge is 0.313 e. The van der Waals surface area contributed by atoms with E-state index in [0.29, 0.717) is 11.3 Å². The summed E-state index contributed by atoms with van der Waals surface area (Å²) in [6.07, 6.45) is 2.14. The first-order chi connectivity index (χ1) is 12.6. The highest BCUT2D eigenvalue weighted by molar-refractivity contribution is 6.30. The van der Waals surface area contributed by atoms with Gasteiger partial charge in [-0.25, -0.2) is 4.79 Å². The van der Waals surface area contributed by atoms with E-state index in [-0.39, 0.29) is 22.6 Å². The SMILES string of the molecule is N#Cc1ccccc1[C@H]1C[C@@H]1c1cc(-c2c[nH]c(=O)[nH]c2=O)nnc1Cl. The number of nitrogens with zero attached hydrogens (tertiary/aromatic N) is 3. The Morgan fingerprint density at radius 3 is 2.69 bits per heavy atom. The Bertz CT molecular complexity index is 1160. The molecule has 0 saturated heterocycles. The molecule has 2 aromatic heterocycles. The van der Waals surface area contributed by atoms with Crippen LogP contribution in [0.4, 0.5) is 0 Å². The van der Waals surface area contributed by atoms with Crippen molar-refractivity contribution in [2.45, 2.75) is 18.3 Å². The average molecular weight is 366 g/mol. The van der Waals surface area contributed by atoms with Crippen molar-refractivity contribution in [1.82, 2.24) is 20.2 Å². The predicted octanol–water partition coefficient (Wildman–Crippen LogP) is 2.32. The molecular formula is C18H12ClN5O2. The average Bonchev–Trinajstić information content (AvgIpc) is 3.43. The van der Waals surface area contributed by atoms with E-state index in [1.807, 2.05) is 18.2 Å². The number of aromatic nitrogens is 4. The lowest BCUT2D eigenvalue weighted by molar-refractivity contribution is 0.950. The largest absolute Gasteiger partial charge is 0.325 e. The van der Waals surface area contributed by atoms with Crippen LogP contribution in [0.2, 0.25) is 5.15 Å². The quantitative estimate of drug-likeness (QED) is 0.739. The first-order valence-electron chi connectivity index (χ1n) is 7.93. The fraction of sp³-hybridized carbons (Fsp3) is 0.167. The van der Waals surface area contributed by atoms with Gasteiger partial charge in [0.1, 0.15) is 5.69 Å². The number of hydrogen-bond donors (Lipinski definition) is 2. The van der Waals surface area contributed by atoms with Crippen molar-refractivity contribution in [3.05, 3.63) is 79.2 Å². The second-order valence-corrected chi connectivity index (χ2v) is 6.47. The summed E-state index contributed by atoms with van der Waals surface area (Å²) in [5.41, 5.74) is 1.83. The minimum absolute atomic E-state index is 0.105. The summed E-state index contributed by atoms with van der Waals surface area (Å²) in [6, 6.07) is 11.4. The molecule has 26 heavy (non-hydrogen) atoms. The van der Waals surface area contributed by atoms with Crippen molar-refractivity contribution in [2.75, 3.05) is 0 Å². The molecule has 0 bridgehead atoms. The molecule has 1 saturated carbocycles. The Kier molecular flexibility index (Phi) is 3.90. The maximum absolute atomic E-state index is 12.0. The van der Waals surface area contributed by atoms with Gasteiger partial charge in [-0.15, -0.1) is 10.2 Å². The maximum atomic E-state index is 12.0. The van der Waals surface area contributed by atoms with Gasteiger partial charge in [-0.3, -0.25) is 9.78 Å². The highest BCUT2D eigenvalue weighted by atomic mass is 35.5. The normalized spacial score (nSPS) is 18.3. The third-order valence-corrected chi connectivity index (χ3v) is 4.84. The summed E-state index contributed by atoms with van der Waals surface area (Å²) in [5.74, 6) is 0.280. The minimum Gasteiger partial charge on any atom is -0.313 e. The third kappa shape index (κ3) is 2.80.